The van der Waals surface area contributed by atoms with Crippen LogP contribution in [0.5, 0.6) is 0 Å². The van der Waals surface area contributed by atoms with Gasteiger partial charge in [-0.1, -0.05) is 13.3 Å². The Labute approximate surface area is 115 Å². The maximum Gasteiger partial charge on any atom is 0.323 e. The number of likely N-dealkylation sites (tertiary alicyclic amines) is 1. The van der Waals surface area contributed by atoms with Crippen LogP contribution in [-0.2, 0) is 19.1 Å². The van der Waals surface area contributed by atoms with Crippen molar-refractivity contribution in [1.82, 2.24) is 4.90 Å². The number of ether oxygens (including phenoxy) is 2. The number of carbonyl (C=O) groups excluding carboxylic acids is 2. The zero-order valence-corrected chi connectivity index (χ0v) is 12.2. The molecule has 5 heteroatoms. The molecule has 0 spiro atoms. The molecular formula is C14H25NO4. The number of nitrogens with zero attached hydrogens (tertiary/aromatic N) is 1. The predicted octanol–water partition coefficient (Wildman–Crippen LogP) is 1.60. The first kappa shape index (κ1) is 16.0. The van der Waals surface area contributed by atoms with Crippen molar-refractivity contribution >= 4 is 11.9 Å². The second-order valence-electron chi connectivity index (χ2n) is 4.91. The molecule has 19 heavy (non-hydrogen) atoms. The summed E-state index contributed by atoms with van der Waals surface area (Å²) >= 11 is 0. The van der Waals surface area contributed by atoms with Gasteiger partial charge in [0.05, 0.1) is 19.1 Å². The van der Waals surface area contributed by atoms with Gasteiger partial charge < -0.3 is 9.47 Å². The Bertz CT molecular complexity index is 306. The van der Waals surface area contributed by atoms with Gasteiger partial charge in [-0.3, -0.25) is 14.5 Å². The lowest BCUT2D eigenvalue weighted by molar-refractivity contribution is -0.154. The average Bonchev–Trinajstić information content (AvgIpc) is 2.39. The number of piperidine rings is 1. The van der Waals surface area contributed by atoms with Gasteiger partial charge in [-0.25, -0.2) is 0 Å². The fourth-order valence-electron chi connectivity index (χ4n) is 2.43. The summed E-state index contributed by atoms with van der Waals surface area (Å²) in [6, 6.07) is -0.203. The first-order valence-electron chi connectivity index (χ1n) is 7.17. The van der Waals surface area contributed by atoms with Crippen LogP contribution in [0.3, 0.4) is 0 Å². The smallest absolute Gasteiger partial charge is 0.323 e. The van der Waals surface area contributed by atoms with E-state index in [-0.39, 0.29) is 23.9 Å². The van der Waals surface area contributed by atoms with Crippen molar-refractivity contribution in [2.24, 2.45) is 5.92 Å². The third kappa shape index (κ3) is 4.82. The Kier molecular flexibility index (Phi) is 6.84. The predicted molar refractivity (Wildman–Crippen MR) is 71.6 cm³/mol. The Hall–Kier alpha value is -1.10. The molecule has 1 aliphatic rings. The number of esters is 2. The second kappa shape index (κ2) is 8.15. The van der Waals surface area contributed by atoms with E-state index in [1.54, 1.807) is 6.92 Å². The van der Waals surface area contributed by atoms with Crippen molar-refractivity contribution in [3.8, 4) is 0 Å². The number of carbonyl (C=O) groups is 2. The van der Waals surface area contributed by atoms with Crippen LogP contribution in [-0.4, -0.2) is 49.2 Å². The highest BCUT2D eigenvalue weighted by Crippen LogP contribution is 2.20. The summed E-state index contributed by atoms with van der Waals surface area (Å²) in [7, 11) is 0. The maximum atomic E-state index is 11.9. The minimum absolute atomic E-state index is 0.168. The Morgan fingerprint density at radius 1 is 1.21 bits per heavy atom. The van der Waals surface area contributed by atoms with E-state index in [4.69, 9.17) is 9.47 Å². The highest BCUT2D eigenvalue weighted by atomic mass is 16.5. The van der Waals surface area contributed by atoms with E-state index in [1.807, 2.05) is 13.8 Å². The van der Waals surface area contributed by atoms with E-state index in [0.717, 1.165) is 25.8 Å². The van der Waals surface area contributed by atoms with Gasteiger partial charge in [0.2, 0.25) is 0 Å². The minimum Gasteiger partial charge on any atom is -0.466 e. The maximum absolute atomic E-state index is 11.9. The normalized spacial score (nSPS) is 21.7. The molecule has 0 radical (unpaired) electrons. The van der Waals surface area contributed by atoms with Crippen molar-refractivity contribution in [2.45, 2.75) is 46.1 Å². The van der Waals surface area contributed by atoms with Gasteiger partial charge in [-0.05, 0) is 33.2 Å². The van der Waals surface area contributed by atoms with Gasteiger partial charge in [0, 0.05) is 6.54 Å². The van der Waals surface area contributed by atoms with Crippen LogP contribution in [0.2, 0.25) is 0 Å². The lowest BCUT2D eigenvalue weighted by atomic mass is 10.00. The standard InChI is InChI=1S/C14H25NO4/c1-4-18-13(16)11(3)10-15-9-7-6-8-12(15)14(17)19-5-2/h11-12H,4-10H2,1-3H3. The summed E-state index contributed by atoms with van der Waals surface area (Å²) in [5.74, 6) is -0.580. The monoisotopic (exact) mass is 271 g/mol. The Balaban J connectivity index is 2.57. The molecule has 1 heterocycles. The van der Waals surface area contributed by atoms with E-state index in [1.165, 1.54) is 0 Å². The number of hydrogen-bond donors (Lipinski definition) is 0. The molecule has 0 N–H and O–H groups in total. The van der Waals surface area contributed by atoms with Gasteiger partial charge in [0.15, 0.2) is 0 Å². The van der Waals surface area contributed by atoms with Gasteiger partial charge in [-0.15, -0.1) is 0 Å². The van der Waals surface area contributed by atoms with E-state index >= 15 is 0 Å². The summed E-state index contributed by atoms with van der Waals surface area (Å²) in [5, 5.41) is 0. The van der Waals surface area contributed by atoms with Crippen LogP contribution in [0.1, 0.15) is 40.0 Å². The number of hydrogen-bond acceptors (Lipinski definition) is 5. The molecular weight excluding hydrogens is 246 g/mol. The highest BCUT2D eigenvalue weighted by molar-refractivity contribution is 5.76. The van der Waals surface area contributed by atoms with E-state index in [0.29, 0.717) is 19.8 Å². The minimum atomic E-state index is -0.213. The van der Waals surface area contributed by atoms with Crippen molar-refractivity contribution in [2.75, 3.05) is 26.3 Å². The van der Waals surface area contributed by atoms with Gasteiger partial charge in [0.25, 0.3) is 0 Å². The molecule has 2 unspecified atom stereocenters. The van der Waals surface area contributed by atoms with Crippen molar-refractivity contribution in [3.63, 3.8) is 0 Å². The van der Waals surface area contributed by atoms with Crippen LogP contribution in [0, 0.1) is 5.92 Å². The SMILES string of the molecule is CCOC(=O)C(C)CN1CCCCC1C(=O)OCC. The summed E-state index contributed by atoms with van der Waals surface area (Å²) < 4.78 is 10.1. The second-order valence-corrected chi connectivity index (χ2v) is 4.91. The fourth-order valence-corrected chi connectivity index (χ4v) is 2.43. The molecule has 0 saturated carbocycles. The summed E-state index contributed by atoms with van der Waals surface area (Å²) in [4.78, 5) is 25.6. The van der Waals surface area contributed by atoms with Gasteiger partial charge in [-0.2, -0.15) is 0 Å². The first-order chi connectivity index (χ1) is 9.10. The zero-order chi connectivity index (χ0) is 14.3. The van der Waals surface area contributed by atoms with Crippen molar-refractivity contribution < 1.29 is 19.1 Å². The molecule has 5 nitrogen and oxygen atoms in total. The van der Waals surface area contributed by atoms with E-state index < -0.39 is 0 Å². The molecule has 2 atom stereocenters. The first-order valence-corrected chi connectivity index (χ1v) is 7.17. The van der Waals surface area contributed by atoms with E-state index in [9.17, 15) is 9.59 Å². The average molecular weight is 271 g/mol. The molecule has 0 aromatic carbocycles. The molecule has 0 aromatic rings. The van der Waals surface area contributed by atoms with Crippen LogP contribution in [0.25, 0.3) is 0 Å². The quantitative estimate of drug-likeness (QED) is 0.687. The summed E-state index contributed by atoms with van der Waals surface area (Å²) in [6.45, 7) is 7.64. The summed E-state index contributed by atoms with van der Waals surface area (Å²) in [5.41, 5.74) is 0. The Morgan fingerprint density at radius 2 is 1.89 bits per heavy atom. The van der Waals surface area contributed by atoms with Crippen LogP contribution in [0.15, 0.2) is 0 Å². The lowest BCUT2D eigenvalue weighted by Gasteiger charge is -2.35. The van der Waals surface area contributed by atoms with Crippen molar-refractivity contribution in [1.29, 1.82) is 0 Å². The van der Waals surface area contributed by atoms with Crippen LogP contribution < -0.4 is 0 Å². The van der Waals surface area contributed by atoms with Crippen molar-refractivity contribution in [3.05, 3.63) is 0 Å². The lowest BCUT2D eigenvalue weighted by Crippen LogP contribution is -2.48. The van der Waals surface area contributed by atoms with Gasteiger partial charge in [0.1, 0.15) is 6.04 Å². The zero-order valence-electron chi connectivity index (χ0n) is 12.2. The molecule has 0 aromatic heterocycles. The number of rotatable bonds is 6. The topological polar surface area (TPSA) is 55.8 Å². The highest BCUT2D eigenvalue weighted by Gasteiger charge is 2.31. The largest absolute Gasteiger partial charge is 0.466 e. The van der Waals surface area contributed by atoms with Crippen LogP contribution >= 0.6 is 0 Å². The fraction of sp³-hybridized carbons (Fsp3) is 0.857. The molecule has 0 bridgehead atoms. The molecule has 0 aliphatic carbocycles. The van der Waals surface area contributed by atoms with Gasteiger partial charge >= 0.3 is 11.9 Å². The third-order valence-corrected chi connectivity index (χ3v) is 3.37. The van der Waals surface area contributed by atoms with E-state index in [2.05, 4.69) is 4.90 Å². The molecule has 1 aliphatic heterocycles. The molecule has 0 amide bonds. The molecule has 1 fully saturated rings. The molecule has 1 rings (SSSR count). The third-order valence-electron chi connectivity index (χ3n) is 3.37. The molecule has 1 saturated heterocycles. The Morgan fingerprint density at radius 3 is 2.53 bits per heavy atom. The molecule has 110 valence electrons. The van der Waals surface area contributed by atoms with Crippen LogP contribution in [0.4, 0.5) is 0 Å². The summed E-state index contributed by atoms with van der Waals surface area (Å²) in [6.07, 6.45) is 2.91.